The van der Waals surface area contributed by atoms with Gasteiger partial charge in [0.15, 0.2) is 0 Å². The van der Waals surface area contributed by atoms with Gasteiger partial charge in [-0.2, -0.15) is 8.42 Å². The molecule has 0 radical (unpaired) electrons. The van der Waals surface area contributed by atoms with Crippen molar-refractivity contribution in [3.05, 3.63) is 29.8 Å². The molecule has 5 heteroatoms. The van der Waals surface area contributed by atoms with Crippen LogP contribution in [0.5, 0.6) is 5.75 Å². The number of ketones is 1. The fraction of sp³-hybridized carbons (Fsp3) is 0.364. The molecular weight excluding hydrogens is 228 g/mol. The highest BCUT2D eigenvalue weighted by atomic mass is 32.2. The van der Waals surface area contributed by atoms with Crippen LogP contribution in [0, 0.1) is 0 Å². The highest BCUT2D eigenvalue weighted by Crippen LogP contribution is 2.20. The highest BCUT2D eigenvalue weighted by molar-refractivity contribution is 7.86. The molecule has 16 heavy (non-hydrogen) atoms. The number of hydrogen-bond donors (Lipinski definition) is 0. The average Bonchev–Trinajstić information content (AvgIpc) is 2.15. The quantitative estimate of drug-likeness (QED) is 0.754. The van der Waals surface area contributed by atoms with Gasteiger partial charge in [0.05, 0.1) is 6.26 Å². The number of carbonyl (C=O) groups excluding carboxylic acids is 1. The molecule has 0 saturated carbocycles. The molecule has 0 N–H and O–H groups in total. The molecule has 1 aromatic carbocycles. The van der Waals surface area contributed by atoms with E-state index in [1.165, 1.54) is 19.1 Å². The maximum atomic E-state index is 11.1. The molecule has 0 aliphatic heterocycles. The minimum atomic E-state index is -3.49. The van der Waals surface area contributed by atoms with Crippen LogP contribution in [-0.2, 0) is 14.9 Å². The van der Waals surface area contributed by atoms with Crippen molar-refractivity contribution >= 4 is 15.9 Å². The van der Waals surface area contributed by atoms with Gasteiger partial charge < -0.3 is 4.18 Å². The lowest BCUT2D eigenvalue weighted by Crippen LogP contribution is -2.07. The van der Waals surface area contributed by atoms with Gasteiger partial charge in [0.1, 0.15) is 11.5 Å². The molecule has 1 atom stereocenters. The fourth-order valence-electron chi connectivity index (χ4n) is 1.22. The lowest BCUT2D eigenvalue weighted by Gasteiger charge is -2.08. The van der Waals surface area contributed by atoms with Gasteiger partial charge in [-0.15, -0.1) is 0 Å². The van der Waals surface area contributed by atoms with E-state index in [4.69, 9.17) is 0 Å². The zero-order valence-corrected chi connectivity index (χ0v) is 10.2. The molecule has 0 fully saturated rings. The molecule has 4 nitrogen and oxygen atoms in total. The fourth-order valence-corrected chi connectivity index (χ4v) is 1.68. The summed E-state index contributed by atoms with van der Waals surface area (Å²) in [7, 11) is -3.49. The Labute approximate surface area is 95.4 Å². The van der Waals surface area contributed by atoms with Crippen LogP contribution in [0.25, 0.3) is 0 Å². The van der Waals surface area contributed by atoms with Crippen molar-refractivity contribution in [2.24, 2.45) is 0 Å². The summed E-state index contributed by atoms with van der Waals surface area (Å²) in [5.41, 5.74) is 0.841. The van der Waals surface area contributed by atoms with Gasteiger partial charge in [0.25, 0.3) is 0 Å². The molecule has 0 bridgehead atoms. The minimum absolute atomic E-state index is 0.0665. The Balaban J connectivity index is 2.87. The number of rotatable bonds is 4. The van der Waals surface area contributed by atoms with Crippen LogP contribution in [-0.4, -0.2) is 20.5 Å². The molecule has 0 spiro atoms. The Morgan fingerprint density at radius 3 is 2.12 bits per heavy atom. The number of benzene rings is 1. The van der Waals surface area contributed by atoms with Crippen molar-refractivity contribution in [2.45, 2.75) is 19.8 Å². The van der Waals surface area contributed by atoms with Crippen LogP contribution in [0.4, 0.5) is 0 Å². The van der Waals surface area contributed by atoms with Crippen molar-refractivity contribution in [2.75, 3.05) is 6.26 Å². The second-order valence-electron chi connectivity index (χ2n) is 3.69. The third-order valence-corrected chi connectivity index (χ3v) is 2.73. The second kappa shape index (κ2) is 4.65. The molecule has 0 aliphatic carbocycles. The van der Waals surface area contributed by atoms with E-state index < -0.39 is 10.1 Å². The van der Waals surface area contributed by atoms with Crippen LogP contribution in [0.3, 0.4) is 0 Å². The Kier molecular flexibility index (Phi) is 3.70. The van der Waals surface area contributed by atoms with E-state index in [1.54, 1.807) is 19.1 Å². The predicted molar refractivity (Wildman–Crippen MR) is 61.0 cm³/mol. The SMILES string of the molecule is CC(=O)C(C)c1ccc(OS(C)(=O)=O)cc1. The van der Waals surface area contributed by atoms with Gasteiger partial charge in [-0.05, 0) is 24.6 Å². The molecular formula is C11H14O4S. The van der Waals surface area contributed by atoms with Crippen molar-refractivity contribution in [1.29, 1.82) is 0 Å². The Bertz CT molecular complexity index is 473. The second-order valence-corrected chi connectivity index (χ2v) is 5.26. The summed E-state index contributed by atoms with van der Waals surface area (Å²) < 4.78 is 26.4. The maximum absolute atomic E-state index is 11.1. The molecule has 1 aromatic rings. The molecule has 0 heterocycles. The highest BCUT2D eigenvalue weighted by Gasteiger charge is 2.11. The van der Waals surface area contributed by atoms with Crippen molar-refractivity contribution in [1.82, 2.24) is 0 Å². The topological polar surface area (TPSA) is 60.4 Å². The zero-order valence-electron chi connectivity index (χ0n) is 9.43. The number of carbonyl (C=O) groups is 1. The lowest BCUT2D eigenvalue weighted by atomic mass is 9.98. The van der Waals surface area contributed by atoms with Crippen LogP contribution >= 0.6 is 0 Å². The van der Waals surface area contributed by atoms with Crippen LogP contribution in [0.15, 0.2) is 24.3 Å². The minimum Gasteiger partial charge on any atom is -0.383 e. The summed E-state index contributed by atoms with van der Waals surface area (Å²) in [5, 5.41) is 0. The molecule has 1 rings (SSSR count). The van der Waals surface area contributed by atoms with Gasteiger partial charge in [-0.25, -0.2) is 0 Å². The van der Waals surface area contributed by atoms with E-state index in [0.717, 1.165) is 11.8 Å². The van der Waals surface area contributed by atoms with Crippen LogP contribution in [0.2, 0.25) is 0 Å². The number of hydrogen-bond acceptors (Lipinski definition) is 4. The van der Waals surface area contributed by atoms with Gasteiger partial charge in [-0.3, -0.25) is 4.79 Å². The third-order valence-electron chi connectivity index (χ3n) is 2.24. The summed E-state index contributed by atoms with van der Waals surface area (Å²) in [6.45, 7) is 3.32. The third kappa shape index (κ3) is 3.66. The summed E-state index contributed by atoms with van der Waals surface area (Å²) in [6, 6.07) is 6.45. The van der Waals surface area contributed by atoms with Crippen LogP contribution in [0.1, 0.15) is 25.3 Å². The average molecular weight is 242 g/mol. The maximum Gasteiger partial charge on any atom is 0.306 e. The summed E-state index contributed by atoms with van der Waals surface area (Å²) >= 11 is 0. The Hall–Kier alpha value is -1.36. The first-order chi connectivity index (χ1) is 7.29. The predicted octanol–water partition coefficient (Wildman–Crippen LogP) is 1.72. The molecule has 0 aromatic heterocycles. The first kappa shape index (κ1) is 12.7. The lowest BCUT2D eigenvalue weighted by molar-refractivity contribution is -0.118. The van der Waals surface area contributed by atoms with E-state index in [-0.39, 0.29) is 17.5 Å². The smallest absolute Gasteiger partial charge is 0.306 e. The summed E-state index contributed by atoms with van der Waals surface area (Å²) in [4.78, 5) is 11.1. The molecule has 0 aliphatic rings. The summed E-state index contributed by atoms with van der Waals surface area (Å²) in [6.07, 6.45) is 0.985. The van der Waals surface area contributed by atoms with Crippen molar-refractivity contribution in [3.63, 3.8) is 0 Å². The molecule has 88 valence electrons. The van der Waals surface area contributed by atoms with Gasteiger partial charge >= 0.3 is 10.1 Å². The molecule has 1 unspecified atom stereocenters. The Morgan fingerprint density at radius 2 is 1.75 bits per heavy atom. The largest absolute Gasteiger partial charge is 0.383 e. The summed E-state index contributed by atoms with van der Waals surface area (Å²) in [5.74, 6) is 0.131. The van der Waals surface area contributed by atoms with Gasteiger partial charge in [-0.1, -0.05) is 19.1 Å². The van der Waals surface area contributed by atoms with Crippen LogP contribution < -0.4 is 4.18 Å². The van der Waals surface area contributed by atoms with E-state index in [2.05, 4.69) is 4.18 Å². The van der Waals surface area contributed by atoms with E-state index in [0.29, 0.717) is 0 Å². The molecule has 0 saturated heterocycles. The van der Waals surface area contributed by atoms with Crippen molar-refractivity contribution < 1.29 is 17.4 Å². The molecule has 0 amide bonds. The van der Waals surface area contributed by atoms with E-state index >= 15 is 0 Å². The van der Waals surface area contributed by atoms with Crippen molar-refractivity contribution in [3.8, 4) is 5.75 Å². The first-order valence-electron chi connectivity index (χ1n) is 4.79. The standard InChI is InChI=1S/C11H14O4S/c1-8(9(2)12)10-4-6-11(7-5-10)15-16(3,13)14/h4-8H,1-3H3. The van der Waals surface area contributed by atoms with E-state index in [9.17, 15) is 13.2 Å². The van der Waals surface area contributed by atoms with Gasteiger partial charge in [0.2, 0.25) is 0 Å². The van der Waals surface area contributed by atoms with E-state index in [1.807, 2.05) is 0 Å². The number of Topliss-reactive ketones (excluding diaryl/α,β-unsaturated/α-hetero) is 1. The Morgan fingerprint density at radius 1 is 1.25 bits per heavy atom. The zero-order chi connectivity index (χ0) is 12.3. The normalized spacial score (nSPS) is 13.2. The van der Waals surface area contributed by atoms with Gasteiger partial charge in [0, 0.05) is 5.92 Å². The first-order valence-corrected chi connectivity index (χ1v) is 6.61. The monoisotopic (exact) mass is 242 g/mol.